The highest BCUT2D eigenvalue weighted by Crippen LogP contribution is 2.50. The third kappa shape index (κ3) is 13.2. The van der Waals surface area contributed by atoms with Crippen molar-refractivity contribution in [1.29, 1.82) is 0 Å². The van der Waals surface area contributed by atoms with E-state index in [4.69, 9.17) is 24.3 Å². The zero-order valence-corrected chi connectivity index (χ0v) is 21.2. The number of guanidine groups is 1. The molecule has 0 fully saturated rings. The summed E-state index contributed by atoms with van der Waals surface area (Å²) in [6.45, 7) is 6.45. The van der Waals surface area contributed by atoms with Gasteiger partial charge in [-0.15, -0.1) is 4.76 Å². The van der Waals surface area contributed by atoms with Crippen molar-refractivity contribution in [2.24, 2.45) is 16.4 Å². The van der Waals surface area contributed by atoms with Crippen LogP contribution in [0, 0.1) is 5.92 Å². The molecule has 0 saturated heterocycles. The molecule has 0 rings (SSSR count). The minimum Gasteiger partial charge on any atom is -0.480 e. The normalized spacial score (nSPS) is 12.7. The largest absolute Gasteiger partial charge is 0.508 e. The Bertz CT molecular complexity index is 686. The number of likely N-dealkylation sites (N-methyl/N-ethyl adjacent to an activating group) is 1. The molecule has 0 radical (unpaired) electrons. The summed E-state index contributed by atoms with van der Waals surface area (Å²) in [5, 5.41) is 9.44. The number of hydrogen-bond acceptors (Lipinski definition) is 10. The lowest BCUT2D eigenvalue weighted by atomic mass is 10.0. The van der Waals surface area contributed by atoms with E-state index in [0.717, 1.165) is 4.90 Å². The molecule has 0 heterocycles. The van der Waals surface area contributed by atoms with Crippen LogP contribution >= 0.6 is 7.75 Å². The first kappa shape index (κ1) is 31.4. The minimum atomic E-state index is -4.20. The Labute approximate surface area is 199 Å². The molecule has 34 heavy (non-hydrogen) atoms. The average molecular weight is 513 g/mol. The molecule has 0 aliphatic carbocycles. The lowest BCUT2D eigenvalue weighted by Crippen LogP contribution is -2.48. The quantitative estimate of drug-likeness (QED) is 0.101. The number of carboxylic acid groups (broad SMARTS) is 1. The Hall–Kier alpha value is -2.57. The van der Waals surface area contributed by atoms with Crippen LogP contribution in [0.15, 0.2) is 4.76 Å². The number of nitrogens with two attached hydrogens (primary N) is 1. The molecule has 0 bridgehead atoms. The van der Waals surface area contributed by atoms with E-state index < -0.39 is 32.1 Å². The third-order valence-electron chi connectivity index (χ3n) is 3.94. The summed E-state index contributed by atoms with van der Waals surface area (Å²) in [5.74, 6) is -1.84. The maximum atomic E-state index is 13.1. The molecule has 1 atom stereocenters. The molecule has 14 nitrogen and oxygen atoms in total. The van der Waals surface area contributed by atoms with E-state index in [-0.39, 0.29) is 64.4 Å². The first-order valence-corrected chi connectivity index (χ1v) is 12.3. The lowest BCUT2D eigenvalue weighted by Gasteiger charge is -2.29. The van der Waals surface area contributed by atoms with Gasteiger partial charge >= 0.3 is 26.0 Å². The van der Waals surface area contributed by atoms with Crippen molar-refractivity contribution in [3.8, 4) is 0 Å². The summed E-state index contributed by atoms with van der Waals surface area (Å²) < 4.78 is 46.4. The fourth-order valence-electron chi connectivity index (χ4n) is 2.44. The van der Waals surface area contributed by atoms with Crippen LogP contribution in [-0.4, -0.2) is 87.0 Å². The van der Waals surface area contributed by atoms with Crippen LogP contribution < -0.4 is 5.73 Å². The maximum absolute atomic E-state index is 13.1. The lowest BCUT2D eigenvalue weighted by molar-refractivity contribution is -0.142. The van der Waals surface area contributed by atoms with Crippen LogP contribution in [0.4, 0.5) is 9.59 Å². The summed E-state index contributed by atoms with van der Waals surface area (Å²) in [4.78, 5) is 35.1. The number of aliphatic carboxylic acids is 1. The summed E-state index contributed by atoms with van der Waals surface area (Å²) in [6, 6.07) is -1.03. The molecule has 15 heteroatoms. The Balaban J connectivity index is 5.14. The second-order valence-corrected chi connectivity index (χ2v) is 8.65. The Morgan fingerprint density at radius 2 is 1.35 bits per heavy atom. The second-order valence-electron chi connectivity index (χ2n) is 7.00. The molecule has 198 valence electrons. The molecule has 1 unspecified atom stereocenters. The molecule has 0 aromatic carbocycles. The number of carbonyl (C=O) groups is 3. The minimum absolute atomic E-state index is 0.0697. The topological polar surface area (TPSA) is 186 Å². The van der Waals surface area contributed by atoms with Gasteiger partial charge in [0.2, 0.25) is 5.96 Å². The molecule has 0 aromatic rings. The predicted octanol–water partition coefficient (Wildman–Crippen LogP) is 2.61. The molecule has 3 N–H and O–H groups in total. The molecule has 0 amide bonds. The van der Waals surface area contributed by atoms with Gasteiger partial charge in [0.25, 0.3) is 0 Å². The first-order valence-electron chi connectivity index (χ1n) is 10.8. The van der Waals surface area contributed by atoms with Crippen LogP contribution in [-0.2, 0) is 37.4 Å². The van der Waals surface area contributed by atoms with Crippen molar-refractivity contribution in [2.75, 3.05) is 46.7 Å². The Kier molecular flexibility index (Phi) is 15.7. The van der Waals surface area contributed by atoms with Gasteiger partial charge in [-0.3, -0.25) is 9.05 Å². The van der Waals surface area contributed by atoms with E-state index in [0.29, 0.717) is 0 Å². The summed E-state index contributed by atoms with van der Waals surface area (Å²) in [7, 11) is -2.81. The summed E-state index contributed by atoms with van der Waals surface area (Å²) in [6.07, 6.45) is -1.40. The van der Waals surface area contributed by atoms with Crippen molar-refractivity contribution < 1.29 is 52.1 Å². The van der Waals surface area contributed by atoms with Gasteiger partial charge in [-0.05, 0) is 19.8 Å². The van der Waals surface area contributed by atoms with Crippen molar-refractivity contribution in [2.45, 2.75) is 46.6 Å². The van der Waals surface area contributed by atoms with Gasteiger partial charge in [0.15, 0.2) is 0 Å². The van der Waals surface area contributed by atoms with Gasteiger partial charge in [0, 0.05) is 19.9 Å². The van der Waals surface area contributed by atoms with Gasteiger partial charge in [-0.1, -0.05) is 13.8 Å². The van der Waals surface area contributed by atoms with E-state index in [1.54, 1.807) is 27.7 Å². The van der Waals surface area contributed by atoms with E-state index in [9.17, 15) is 24.1 Å². The number of carboxylic acids is 1. The molecular formula is C19H36N3O11P. The highest BCUT2D eigenvalue weighted by atomic mass is 31.2. The van der Waals surface area contributed by atoms with E-state index in [1.165, 1.54) is 7.05 Å². The van der Waals surface area contributed by atoms with Crippen molar-refractivity contribution in [1.82, 2.24) is 4.90 Å². The monoisotopic (exact) mass is 513 g/mol. The van der Waals surface area contributed by atoms with Gasteiger partial charge in [-0.25, -0.2) is 18.9 Å². The van der Waals surface area contributed by atoms with Crippen LogP contribution in [0.5, 0.6) is 0 Å². The maximum Gasteiger partial charge on any atom is 0.508 e. The van der Waals surface area contributed by atoms with E-state index in [1.807, 2.05) is 0 Å². The first-order chi connectivity index (χ1) is 16.0. The SMILES string of the molecule is CCOC(=O)OCCCOP(=O)(N=C(N)N(C)C(C(=O)O)C(C)C)OCCCOC(=O)OCC. The van der Waals surface area contributed by atoms with Crippen LogP contribution in [0.3, 0.4) is 0 Å². The fraction of sp³-hybridized carbons (Fsp3) is 0.789. The molecule has 0 aliphatic rings. The standard InChI is InChI=1S/C19H36N3O11P/c1-6-28-18(25)30-10-8-12-32-34(27,33-13-9-11-31-19(26)29-7-2)21-17(20)22(5)15(14(3)4)16(23)24/h14-15H,6-13H2,1-5H3,(H,23,24)(H2,20,21,27). The highest BCUT2D eigenvalue weighted by Gasteiger charge is 2.31. The van der Waals surface area contributed by atoms with Crippen molar-refractivity contribution in [3.05, 3.63) is 0 Å². The van der Waals surface area contributed by atoms with Crippen LogP contribution in [0.1, 0.15) is 40.5 Å². The van der Waals surface area contributed by atoms with Gasteiger partial charge in [-0.2, -0.15) is 0 Å². The van der Waals surface area contributed by atoms with Crippen molar-refractivity contribution >= 4 is 32.0 Å². The Morgan fingerprint density at radius 1 is 0.912 bits per heavy atom. The van der Waals surface area contributed by atoms with Gasteiger partial charge < -0.3 is 34.7 Å². The van der Waals surface area contributed by atoms with Gasteiger partial charge in [0.05, 0.1) is 39.6 Å². The van der Waals surface area contributed by atoms with Gasteiger partial charge in [0.1, 0.15) is 6.04 Å². The summed E-state index contributed by atoms with van der Waals surface area (Å²) in [5.41, 5.74) is 5.90. The Morgan fingerprint density at radius 3 is 1.71 bits per heavy atom. The predicted molar refractivity (Wildman–Crippen MR) is 120 cm³/mol. The van der Waals surface area contributed by atoms with Crippen LogP contribution in [0.25, 0.3) is 0 Å². The average Bonchev–Trinajstić information content (AvgIpc) is 2.73. The highest BCUT2D eigenvalue weighted by molar-refractivity contribution is 7.52. The molecule has 0 aliphatic heterocycles. The second kappa shape index (κ2) is 17.0. The summed E-state index contributed by atoms with van der Waals surface area (Å²) >= 11 is 0. The molecule has 0 saturated carbocycles. The number of hydrogen-bond donors (Lipinski definition) is 2. The van der Waals surface area contributed by atoms with Crippen molar-refractivity contribution in [3.63, 3.8) is 0 Å². The molecule has 0 aromatic heterocycles. The van der Waals surface area contributed by atoms with E-state index in [2.05, 4.69) is 14.2 Å². The third-order valence-corrected chi connectivity index (χ3v) is 5.41. The van der Waals surface area contributed by atoms with Crippen LogP contribution in [0.2, 0.25) is 0 Å². The smallest absolute Gasteiger partial charge is 0.480 e. The zero-order chi connectivity index (χ0) is 26.1. The number of nitrogens with zero attached hydrogens (tertiary/aromatic N) is 2. The number of carbonyl (C=O) groups excluding carboxylic acids is 2. The fourth-order valence-corrected chi connectivity index (χ4v) is 3.74. The number of rotatable bonds is 16. The van der Waals surface area contributed by atoms with E-state index >= 15 is 0 Å². The molecule has 0 spiro atoms. The molecular weight excluding hydrogens is 477 g/mol. The zero-order valence-electron chi connectivity index (χ0n) is 20.3. The number of ether oxygens (including phenoxy) is 4.